The van der Waals surface area contributed by atoms with Crippen LogP contribution in [0.25, 0.3) is 0 Å². The van der Waals surface area contributed by atoms with Crippen LogP contribution in [0, 0.1) is 11.3 Å². The summed E-state index contributed by atoms with van der Waals surface area (Å²) in [6, 6.07) is 0. The van der Waals surface area contributed by atoms with Crippen molar-refractivity contribution in [3.8, 4) is 0 Å². The molecule has 0 saturated heterocycles. The Hall–Kier alpha value is -0.540. The molecule has 1 aliphatic carbocycles. The molecule has 0 radical (unpaired) electrons. The van der Waals surface area contributed by atoms with Gasteiger partial charge in [0.2, 0.25) is 0 Å². The van der Waals surface area contributed by atoms with E-state index >= 15 is 0 Å². The minimum atomic E-state index is -4.22. The Balaban J connectivity index is 2.66. The van der Waals surface area contributed by atoms with Crippen LogP contribution < -0.4 is 0 Å². The lowest BCUT2D eigenvalue weighted by atomic mass is 9.83. The van der Waals surface area contributed by atoms with E-state index in [1.54, 1.807) is 0 Å². The molecular formula is C9H13F3O. The van der Waals surface area contributed by atoms with E-state index in [-0.39, 0.29) is 5.92 Å². The fourth-order valence-corrected chi connectivity index (χ4v) is 2.14. The summed E-state index contributed by atoms with van der Waals surface area (Å²) in [5, 5.41) is 0. The molecule has 1 aliphatic rings. The van der Waals surface area contributed by atoms with E-state index in [2.05, 4.69) is 0 Å². The normalized spacial score (nSPS) is 34.9. The molecule has 0 aliphatic heterocycles. The van der Waals surface area contributed by atoms with Crippen LogP contribution in [-0.2, 0) is 4.79 Å². The largest absolute Gasteiger partial charge is 0.390 e. The molecule has 1 fully saturated rings. The van der Waals surface area contributed by atoms with Gasteiger partial charge in [-0.25, -0.2) is 0 Å². The molecular weight excluding hydrogens is 181 g/mol. The molecule has 4 heteroatoms. The van der Waals surface area contributed by atoms with Crippen molar-refractivity contribution in [3.63, 3.8) is 0 Å². The van der Waals surface area contributed by atoms with Crippen LogP contribution in [-0.4, -0.2) is 12.5 Å². The van der Waals surface area contributed by atoms with Crippen LogP contribution >= 0.6 is 0 Å². The van der Waals surface area contributed by atoms with Gasteiger partial charge < -0.3 is 4.79 Å². The number of hydrogen-bond acceptors (Lipinski definition) is 1. The lowest BCUT2D eigenvalue weighted by Crippen LogP contribution is -2.27. The molecule has 1 saturated carbocycles. The van der Waals surface area contributed by atoms with Crippen molar-refractivity contribution in [3.05, 3.63) is 0 Å². The molecule has 0 aromatic heterocycles. The molecule has 76 valence electrons. The summed E-state index contributed by atoms with van der Waals surface area (Å²) in [5.74, 6) is 0.243. The molecule has 0 bridgehead atoms. The Morgan fingerprint density at radius 3 is 2.46 bits per heavy atom. The van der Waals surface area contributed by atoms with Gasteiger partial charge in [-0.05, 0) is 25.2 Å². The molecule has 1 nitrogen and oxygen atoms in total. The Labute approximate surface area is 75.3 Å². The van der Waals surface area contributed by atoms with E-state index < -0.39 is 18.0 Å². The van der Waals surface area contributed by atoms with Crippen LogP contribution in [0.3, 0.4) is 0 Å². The SMILES string of the molecule is CC1CCC(C=O)(CC(F)(F)F)C1. The van der Waals surface area contributed by atoms with E-state index in [9.17, 15) is 18.0 Å². The van der Waals surface area contributed by atoms with Gasteiger partial charge in [-0.15, -0.1) is 0 Å². The zero-order chi connectivity index (χ0) is 10.1. The van der Waals surface area contributed by atoms with Crippen molar-refractivity contribution in [2.45, 2.75) is 38.8 Å². The number of aldehydes is 1. The first-order chi connectivity index (χ1) is 5.87. The van der Waals surface area contributed by atoms with Gasteiger partial charge in [-0.2, -0.15) is 13.2 Å². The van der Waals surface area contributed by atoms with Gasteiger partial charge in [-0.1, -0.05) is 6.92 Å². The van der Waals surface area contributed by atoms with Gasteiger partial charge >= 0.3 is 6.18 Å². The van der Waals surface area contributed by atoms with Crippen molar-refractivity contribution in [1.82, 2.24) is 0 Å². The highest BCUT2D eigenvalue weighted by Crippen LogP contribution is 2.46. The van der Waals surface area contributed by atoms with Gasteiger partial charge in [0.1, 0.15) is 6.29 Å². The first-order valence-electron chi connectivity index (χ1n) is 4.40. The van der Waals surface area contributed by atoms with Gasteiger partial charge in [0.05, 0.1) is 6.42 Å². The standard InChI is InChI=1S/C9H13F3O/c1-7-2-3-8(4-7,6-13)5-9(10,11)12/h6-7H,2-5H2,1H3. The van der Waals surface area contributed by atoms with E-state index in [0.29, 0.717) is 19.1 Å². The highest BCUT2D eigenvalue weighted by molar-refractivity contribution is 5.60. The third kappa shape index (κ3) is 2.71. The number of hydrogen-bond donors (Lipinski definition) is 0. The van der Waals surface area contributed by atoms with Crippen LogP contribution in [0.5, 0.6) is 0 Å². The summed E-state index contributed by atoms with van der Waals surface area (Å²) in [6.45, 7) is 1.89. The second-order valence-corrected chi connectivity index (χ2v) is 4.12. The van der Waals surface area contributed by atoms with E-state index in [1.165, 1.54) is 0 Å². The van der Waals surface area contributed by atoms with Gasteiger partial charge in [0, 0.05) is 5.41 Å². The molecule has 0 aromatic rings. The summed E-state index contributed by atoms with van der Waals surface area (Å²) < 4.78 is 36.3. The van der Waals surface area contributed by atoms with Crippen molar-refractivity contribution < 1.29 is 18.0 Å². The maximum absolute atomic E-state index is 12.1. The molecule has 0 spiro atoms. The molecule has 0 heterocycles. The zero-order valence-electron chi connectivity index (χ0n) is 7.53. The Morgan fingerprint density at radius 1 is 1.54 bits per heavy atom. The smallest absolute Gasteiger partial charge is 0.303 e. The van der Waals surface area contributed by atoms with Crippen LogP contribution in [0.1, 0.15) is 32.6 Å². The minimum absolute atomic E-state index is 0.243. The summed E-state index contributed by atoms with van der Waals surface area (Å²) in [7, 11) is 0. The molecule has 2 unspecified atom stereocenters. The average molecular weight is 194 g/mol. The van der Waals surface area contributed by atoms with Crippen molar-refractivity contribution in [2.24, 2.45) is 11.3 Å². The fraction of sp³-hybridized carbons (Fsp3) is 0.889. The highest BCUT2D eigenvalue weighted by Gasteiger charge is 2.45. The summed E-state index contributed by atoms with van der Waals surface area (Å²) in [4.78, 5) is 10.7. The Kier molecular flexibility index (Phi) is 2.68. The van der Waals surface area contributed by atoms with Gasteiger partial charge in [-0.3, -0.25) is 0 Å². The minimum Gasteiger partial charge on any atom is -0.303 e. The number of alkyl halides is 3. The van der Waals surface area contributed by atoms with E-state index in [0.717, 1.165) is 6.42 Å². The Morgan fingerprint density at radius 2 is 2.15 bits per heavy atom. The predicted octanol–water partition coefficient (Wildman–Crippen LogP) is 2.94. The molecule has 2 atom stereocenters. The van der Waals surface area contributed by atoms with E-state index in [4.69, 9.17) is 0 Å². The molecule has 13 heavy (non-hydrogen) atoms. The third-order valence-electron chi connectivity index (χ3n) is 2.69. The second kappa shape index (κ2) is 3.31. The van der Waals surface area contributed by atoms with Crippen LogP contribution in [0.4, 0.5) is 13.2 Å². The maximum Gasteiger partial charge on any atom is 0.390 e. The van der Waals surface area contributed by atoms with Crippen molar-refractivity contribution in [1.29, 1.82) is 0 Å². The first-order valence-corrected chi connectivity index (χ1v) is 4.40. The Bertz CT molecular complexity index is 200. The lowest BCUT2D eigenvalue weighted by molar-refractivity contribution is -0.161. The maximum atomic E-state index is 12.1. The van der Waals surface area contributed by atoms with Gasteiger partial charge in [0.25, 0.3) is 0 Å². The summed E-state index contributed by atoms with van der Waals surface area (Å²) in [5.41, 5.74) is -1.11. The topological polar surface area (TPSA) is 17.1 Å². The zero-order valence-corrected chi connectivity index (χ0v) is 7.53. The molecule has 1 rings (SSSR count). The number of carbonyl (C=O) groups excluding carboxylic acids is 1. The molecule has 0 amide bonds. The average Bonchev–Trinajstić information content (AvgIpc) is 2.29. The number of halogens is 3. The quantitative estimate of drug-likeness (QED) is 0.617. The summed E-state index contributed by atoms with van der Waals surface area (Å²) in [6.07, 6.45) is -3.16. The van der Waals surface area contributed by atoms with Crippen molar-refractivity contribution in [2.75, 3.05) is 0 Å². The van der Waals surface area contributed by atoms with Crippen LogP contribution in [0.2, 0.25) is 0 Å². The van der Waals surface area contributed by atoms with E-state index in [1.807, 2.05) is 6.92 Å². The molecule has 0 aromatic carbocycles. The summed E-state index contributed by atoms with van der Waals surface area (Å²) >= 11 is 0. The fourth-order valence-electron chi connectivity index (χ4n) is 2.14. The first kappa shape index (κ1) is 10.5. The van der Waals surface area contributed by atoms with Crippen LogP contribution in [0.15, 0.2) is 0 Å². The number of rotatable bonds is 2. The third-order valence-corrected chi connectivity index (χ3v) is 2.69. The second-order valence-electron chi connectivity index (χ2n) is 4.12. The van der Waals surface area contributed by atoms with Crippen molar-refractivity contribution >= 4 is 6.29 Å². The lowest BCUT2D eigenvalue weighted by Gasteiger charge is -2.23. The molecule has 0 N–H and O–H groups in total. The predicted molar refractivity (Wildman–Crippen MR) is 42.2 cm³/mol. The van der Waals surface area contributed by atoms with Gasteiger partial charge in [0.15, 0.2) is 0 Å². The highest BCUT2D eigenvalue weighted by atomic mass is 19.4. The number of carbonyl (C=O) groups is 1. The monoisotopic (exact) mass is 194 g/mol.